The zero-order chi connectivity index (χ0) is 10.7. The van der Waals surface area contributed by atoms with Gasteiger partial charge in [-0.1, -0.05) is 6.92 Å². The van der Waals surface area contributed by atoms with E-state index in [0.29, 0.717) is 6.42 Å². The van der Waals surface area contributed by atoms with Crippen molar-refractivity contribution < 1.29 is 4.79 Å². The van der Waals surface area contributed by atoms with Crippen molar-refractivity contribution in [1.29, 1.82) is 0 Å². The maximum absolute atomic E-state index is 11.6. The van der Waals surface area contributed by atoms with Gasteiger partial charge in [0.05, 0.1) is 0 Å². The molecule has 1 N–H and O–H groups in total. The van der Waals surface area contributed by atoms with Crippen LogP contribution >= 0.6 is 0 Å². The molecule has 0 amide bonds. The van der Waals surface area contributed by atoms with E-state index in [4.69, 9.17) is 0 Å². The second kappa shape index (κ2) is 4.27. The third kappa shape index (κ3) is 1.95. The maximum atomic E-state index is 11.6. The predicted octanol–water partition coefficient (Wildman–Crippen LogP) is 2.94. The molecule has 0 atom stereocenters. The normalized spacial score (nSPS) is 10.0. The Balaban J connectivity index is 3.27. The van der Waals surface area contributed by atoms with Gasteiger partial charge in [0.15, 0.2) is 5.78 Å². The van der Waals surface area contributed by atoms with Crippen LogP contribution in [0.3, 0.4) is 0 Å². The van der Waals surface area contributed by atoms with E-state index in [0.717, 1.165) is 11.3 Å². The van der Waals surface area contributed by atoms with Crippen molar-refractivity contribution in [2.24, 2.45) is 0 Å². The van der Waals surface area contributed by atoms with Gasteiger partial charge in [-0.25, -0.2) is 0 Å². The number of hydrogen-bond donors (Lipinski definition) is 1. The molecule has 0 saturated carbocycles. The Kier molecular flexibility index (Phi) is 3.28. The van der Waals surface area contributed by atoms with Crippen molar-refractivity contribution in [3.05, 3.63) is 28.8 Å². The van der Waals surface area contributed by atoms with Gasteiger partial charge in [-0.05, 0) is 37.1 Å². The summed E-state index contributed by atoms with van der Waals surface area (Å²) < 4.78 is 0. The first-order chi connectivity index (χ1) is 6.60. The van der Waals surface area contributed by atoms with Crippen molar-refractivity contribution in [2.45, 2.75) is 27.2 Å². The van der Waals surface area contributed by atoms with E-state index in [1.165, 1.54) is 11.1 Å². The van der Waals surface area contributed by atoms with E-state index in [1.54, 1.807) is 0 Å². The summed E-state index contributed by atoms with van der Waals surface area (Å²) in [5.74, 6) is 0.192. The summed E-state index contributed by atoms with van der Waals surface area (Å²) >= 11 is 0. The summed E-state index contributed by atoms with van der Waals surface area (Å²) in [5.41, 5.74) is 4.11. The van der Waals surface area contributed by atoms with E-state index in [1.807, 2.05) is 33.0 Å². The third-order valence-corrected chi connectivity index (χ3v) is 2.52. The highest BCUT2D eigenvalue weighted by Gasteiger charge is 2.10. The van der Waals surface area contributed by atoms with Crippen LogP contribution in [0.25, 0.3) is 0 Å². The number of benzene rings is 1. The van der Waals surface area contributed by atoms with E-state index in [-0.39, 0.29) is 5.78 Å². The molecule has 0 spiro atoms. The lowest BCUT2D eigenvalue weighted by Crippen LogP contribution is -2.04. The van der Waals surface area contributed by atoms with Gasteiger partial charge in [-0.15, -0.1) is 0 Å². The first-order valence-corrected chi connectivity index (χ1v) is 4.92. The number of anilines is 1. The summed E-state index contributed by atoms with van der Waals surface area (Å²) in [4.78, 5) is 11.6. The van der Waals surface area contributed by atoms with Crippen LogP contribution in [0.15, 0.2) is 12.1 Å². The lowest BCUT2D eigenvalue weighted by molar-refractivity contribution is 0.0989. The summed E-state index contributed by atoms with van der Waals surface area (Å²) in [6, 6.07) is 3.99. The zero-order valence-corrected chi connectivity index (χ0v) is 9.27. The Hall–Kier alpha value is -1.31. The highest BCUT2D eigenvalue weighted by molar-refractivity contribution is 6.01. The lowest BCUT2D eigenvalue weighted by atomic mass is 10.00. The Morgan fingerprint density at radius 1 is 1.29 bits per heavy atom. The smallest absolute Gasteiger partial charge is 0.164 e. The highest BCUT2D eigenvalue weighted by atomic mass is 16.1. The van der Waals surface area contributed by atoms with Crippen LogP contribution in [-0.2, 0) is 0 Å². The molecule has 0 radical (unpaired) electrons. The van der Waals surface area contributed by atoms with Gasteiger partial charge in [0.25, 0.3) is 0 Å². The molecule has 0 fully saturated rings. The van der Waals surface area contributed by atoms with Crippen LogP contribution in [0, 0.1) is 13.8 Å². The van der Waals surface area contributed by atoms with E-state index in [9.17, 15) is 4.79 Å². The topological polar surface area (TPSA) is 29.1 Å². The van der Waals surface area contributed by atoms with Gasteiger partial charge < -0.3 is 5.32 Å². The molecule has 1 aromatic rings. The van der Waals surface area contributed by atoms with Crippen LogP contribution in [0.4, 0.5) is 5.69 Å². The molecule has 2 nitrogen and oxygen atoms in total. The van der Waals surface area contributed by atoms with Crippen molar-refractivity contribution in [3.63, 3.8) is 0 Å². The number of nitrogens with one attached hydrogen (secondary N) is 1. The van der Waals surface area contributed by atoms with Gasteiger partial charge in [0, 0.05) is 24.7 Å². The number of Topliss-reactive ketones (excluding diaryl/α,β-unsaturated/α-hetero) is 1. The summed E-state index contributed by atoms with van der Waals surface area (Å²) in [5, 5.41) is 3.06. The van der Waals surface area contributed by atoms with Crippen molar-refractivity contribution in [1.82, 2.24) is 0 Å². The molecule has 76 valence electrons. The molecular formula is C12H17NO. The minimum absolute atomic E-state index is 0.192. The van der Waals surface area contributed by atoms with Gasteiger partial charge in [0.1, 0.15) is 0 Å². The molecule has 0 aromatic heterocycles. The number of carbonyl (C=O) groups excluding carboxylic acids is 1. The highest BCUT2D eigenvalue weighted by Crippen LogP contribution is 2.21. The molecule has 0 aliphatic heterocycles. The Bertz CT molecular complexity index is 356. The van der Waals surface area contributed by atoms with Gasteiger partial charge in [-0.2, -0.15) is 0 Å². The Morgan fingerprint density at radius 2 is 1.86 bits per heavy atom. The number of rotatable bonds is 3. The quantitative estimate of drug-likeness (QED) is 0.744. The SMILES string of the molecule is CCC(=O)c1cc(C)c(C)cc1NC. The second-order valence-corrected chi connectivity index (χ2v) is 3.51. The molecule has 0 aliphatic rings. The molecule has 0 bridgehead atoms. The first-order valence-electron chi connectivity index (χ1n) is 4.92. The molecule has 0 saturated heterocycles. The average molecular weight is 191 g/mol. The van der Waals surface area contributed by atoms with Crippen molar-refractivity contribution in [3.8, 4) is 0 Å². The van der Waals surface area contributed by atoms with Crippen LogP contribution in [0.1, 0.15) is 34.8 Å². The molecular weight excluding hydrogens is 174 g/mol. The first kappa shape index (κ1) is 10.8. The molecule has 1 rings (SSSR count). The van der Waals surface area contributed by atoms with Gasteiger partial charge in [0.2, 0.25) is 0 Å². The molecule has 0 aliphatic carbocycles. The molecule has 0 heterocycles. The van der Waals surface area contributed by atoms with Crippen LogP contribution in [-0.4, -0.2) is 12.8 Å². The average Bonchev–Trinajstić information content (AvgIpc) is 2.20. The minimum Gasteiger partial charge on any atom is -0.388 e. The monoisotopic (exact) mass is 191 g/mol. The van der Waals surface area contributed by atoms with Crippen molar-refractivity contribution in [2.75, 3.05) is 12.4 Å². The summed E-state index contributed by atoms with van der Waals surface area (Å²) in [6.07, 6.45) is 0.553. The number of ketones is 1. The fraction of sp³-hybridized carbons (Fsp3) is 0.417. The minimum atomic E-state index is 0.192. The third-order valence-electron chi connectivity index (χ3n) is 2.52. The Labute approximate surface area is 85.3 Å². The number of aryl methyl sites for hydroxylation is 2. The predicted molar refractivity (Wildman–Crippen MR) is 60.1 cm³/mol. The van der Waals surface area contributed by atoms with Crippen LogP contribution in [0.5, 0.6) is 0 Å². The Morgan fingerprint density at radius 3 is 2.36 bits per heavy atom. The van der Waals surface area contributed by atoms with Gasteiger partial charge in [-0.3, -0.25) is 4.79 Å². The maximum Gasteiger partial charge on any atom is 0.164 e. The largest absolute Gasteiger partial charge is 0.388 e. The number of carbonyl (C=O) groups is 1. The fourth-order valence-electron chi connectivity index (χ4n) is 1.44. The number of hydrogen-bond acceptors (Lipinski definition) is 2. The van der Waals surface area contributed by atoms with E-state index in [2.05, 4.69) is 12.2 Å². The zero-order valence-electron chi connectivity index (χ0n) is 9.27. The molecule has 14 heavy (non-hydrogen) atoms. The van der Waals surface area contributed by atoms with Gasteiger partial charge >= 0.3 is 0 Å². The fourth-order valence-corrected chi connectivity index (χ4v) is 1.44. The van der Waals surface area contributed by atoms with Crippen molar-refractivity contribution >= 4 is 11.5 Å². The molecule has 1 aromatic carbocycles. The van der Waals surface area contributed by atoms with Crippen LogP contribution < -0.4 is 5.32 Å². The summed E-state index contributed by atoms with van der Waals surface area (Å²) in [7, 11) is 1.84. The lowest BCUT2D eigenvalue weighted by Gasteiger charge is -2.10. The summed E-state index contributed by atoms with van der Waals surface area (Å²) in [6.45, 7) is 5.97. The molecule has 2 heteroatoms. The standard InChI is InChI=1S/C12H17NO/c1-5-12(14)10-6-8(2)9(3)7-11(10)13-4/h6-7,13H,5H2,1-4H3. The van der Waals surface area contributed by atoms with E-state index < -0.39 is 0 Å². The van der Waals surface area contributed by atoms with E-state index >= 15 is 0 Å². The van der Waals surface area contributed by atoms with Crippen LogP contribution in [0.2, 0.25) is 0 Å². The molecule has 0 unspecified atom stereocenters. The second-order valence-electron chi connectivity index (χ2n) is 3.51.